The summed E-state index contributed by atoms with van der Waals surface area (Å²) in [6.07, 6.45) is 3.08. The monoisotopic (exact) mass is 321 g/mol. The van der Waals surface area contributed by atoms with Gasteiger partial charge in [0.05, 0.1) is 16.8 Å². The molecule has 0 amide bonds. The van der Waals surface area contributed by atoms with E-state index in [1.165, 1.54) is 12.3 Å². The van der Waals surface area contributed by atoms with Gasteiger partial charge in [0, 0.05) is 11.8 Å². The largest absolute Gasteiger partial charge is 0.389 e. The number of anilines is 1. The second-order valence-electron chi connectivity index (χ2n) is 4.64. The van der Waals surface area contributed by atoms with Gasteiger partial charge in [-0.3, -0.25) is 9.71 Å². The van der Waals surface area contributed by atoms with Gasteiger partial charge in [0.25, 0.3) is 10.0 Å². The first-order chi connectivity index (χ1) is 9.81. The van der Waals surface area contributed by atoms with Crippen LogP contribution in [-0.4, -0.2) is 18.4 Å². The van der Waals surface area contributed by atoms with Crippen LogP contribution in [0.1, 0.15) is 16.7 Å². The molecule has 0 radical (unpaired) electrons. The number of thiocarbonyl (C=S) groups is 1. The van der Waals surface area contributed by atoms with Crippen LogP contribution in [-0.2, 0) is 10.0 Å². The van der Waals surface area contributed by atoms with Gasteiger partial charge in [-0.2, -0.15) is 0 Å². The van der Waals surface area contributed by atoms with E-state index in [-0.39, 0.29) is 9.88 Å². The number of benzene rings is 1. The number of aryl methyl sites for hydroxylation is 2. The zero-order chi connectivity index (χ0) is 15.6. The van der Waals surface area contributed by atoms with Gasteiger partial charge in [-0.05, 0) is 43.2 Å². The SMILES string of the molecule is Cc1ccncc1NS(=O)(=O)c1ccc(C(N)=S)c(C)c1. The van der Waals surface area contributed by atoms with E-state index in [2.05, 4.69) is 9.71 Å². The molecule has 21 heavy (non-hydrogen) atoms. The van der Waals surface area contributed by atoms with Crippen molar-refractivity contribution in [3.63, 3.8) is 0 Å². The van der Waals surface area contributed by atoms with Crippen LogP contribution in [0.3, 0.4) is 0 Å². The molecule has 110 valence electrons. The maximum atomic E-state index is 12.4. The fourth-order valence-electron chi connectivity index (χ4n) is 1.85. The standard InChI is InChI=1S/C14H15N3O2S2/c1-9-5-6-16-8-13(9)17-21(18,19)11-3-4-12(14(15)20)10(2)7-11/h3-8,17H,1-2H3,(H2,15,20). The van der Waals surface area contributed by atoms with Gasteiger partial charge in [0.2, 0.25) is 0 Å². The summed E-state index contributed by atoms with van der Waals surface area (Å²) in [4.78, 5) is 4.32. The van der Waals surface area contributed by atoms with E-state index in [1.54, 1.807) is 38.2 Å². The van der Waals surface area contributed by atoms with E-state index in [4.69, 9.17) is 18.0 Å². The van der Waals surface area contributed by atoms with Gasteiger partial charge < -0.3 is 5.73 Å². The summed E-state index contributed by atoms with van der Waals surface area (Å²) in [5, 5.41) is 0. The zero-order valence-corrected chi connectivity index (χ0v) is 13.3. The molecule has 7 heteroatoms. The quantitative estimate of drug-likeness (QED) is 0.843. The number of aromatic nitrogens is 1. The second-order valence-corrected chi connectivity index (χ2v) is 6.76. The molecule has 0 atom stereocenters. The Balaban J connectivity index is 2.39. The highest BCUT2D eigenvalue weighted by atomic mass is 32.2. The lowest BCUT2D eigenvalue weighted by Crippen LogP contribution is -2.16. The molecule has 0 aliphatic heterocycles. The molecule has 0 saturated carbocycles. The third-order valence-corrected chi connectivity index (χ3v) is 4.64. The van der Waals surface area contributed by atoms with Crippen molar-refractivity contribution >= 4 is 32.9 Å². The third kappa shape index (κ3) is 3.37. The molecule has 1 heterocycles. The highest BCUT2D eigenvalue weighted by Gasteiger charge is 2.16. The van der Waals surface area contributed by atoms with Gasteiger partial charge in [0.15, 0.2) is 0 Å². The third-order valence-electron chi connectivity index (χ3n) is 3.06. The summed E-state index contributed by atoms with van der Waals surface area (Å²) in [5.41, 5.74) is 8.21. The molecule has 0 aliphatic rings. The average Bonchev–Trinajstić information content (AvgIpc) is 2.40. The van der Waals surface area contributed by atoms with E-state index in [0.29, 0.717) is 16.8 Å². The number of hydrogen-bond acceptors (Lipinski definition) is 4. The molecular weight excluding hydrogens is 306 g/mol. The smallest absolute Gasteiger partial charge is 0.261 e. The first-order valence-corrected chi connectivity index (χ1v) is 8.04. The van der Waals surface area contributed by atoms with Crippen molar-refractivity contribution in [1.29, 1.82) is 0 Å². The lowest BCUT2D eigenvalue weighted by atomic mass is 10.1. The molecule has 0 fully saturated rings. The molecule has 2 rings (SSSR count). The van der Waals surface area contributed by atoms with Crippen molar-refractivity contribution in [2.75, 3.05) is 4.72 Å². The van der Waals surface area contributed by atoms with Crippen molar-refractivity contribution in [2.45, 2.75) is 18.7 Å². The van der Waals surface area contributed by atoms with Crippen molar-refractivity contribution in [1.82, 2.24) is 4.98 Å². The second kappa shape index (κ2) is 5.79. The first-order valence-electron chi connectivity index (χ1n) is 6.15. The van der Waals surface area contributed by atoms with Crippen molar-refractivity contribution in [3.8, 4) is 0 Å². The van der Waals surface area contributed by atoms with Crippen LogP contribution in [0.25, 0.3) is 0 Å². The fraction of sp³-hybridized carbons (Fsp3) is 0.143. The highest BCUT2D eigenvalue weighted by Crippen LogP contribution is 2.20. The van der Waals surface area contributed by atoms with Crippen LogP contribution in [0.15, 0.2) is 41.6 Å². The number of hydrogen-bond donors (Lipinski definition) is 2. The number of pyridine rings is 1. The van der Waals surface area contributed by atoms with Crippen LogP contribution in [0.2, 0.25) is 0 Å². The van der Waals surface area contributed by atoms with Crippen LogP contribution in [0, 0.1) is 13.8 Å². The number of nitrogens with zero attached hydrogens (tertiary/aromatic N) is 1. The Morgan fingerprint density at radius 2 is 1.95 bits per heavy atom. The minimum absolute atomic E-state index is 0.156. The lowest BCUT2D eigenvalue weighted by molar-refractivity contribution is 0.601. The number of nitrogens with two attached hydrogens (primary N) is 1. The van der Waals surface area contributed by atoms with Gasteiger partial charge in [-0.25, -0.2) is 8.42 Å². The Morgan fingerprint density at radius 1 is 1.24 bits per heavy atom. The average molecular weight is 321 g/mol. The molecular formula is C14H15N3O2S2. The maximum absolute atomic E-state index is 12.4. The first kappa shape index (κ1) is 15.4. The Kier molecular flexibility index (Phi) is 4.24. The summed E-state index contributed by atoms with van der Waals surface area (Å²) in [6, 6.07) is 6.37. The maximum Gasteiger partial charge on any atom is 0.261 e. The topological polar surface area (TPSA) is 85.1 Å². The summed E-state index contributed by atoms with van der Waals surface area (Å²) >= 11 is 4.91. The Hall–Kier alpha value is -1.99. The fourth-order valence-corrected chi connectivity index (χ4v) is 3.28. The van der Waals surface area contributed by atoms with Crippen LogP contribution < -0.4 is 10.5 Å². The summed E-state index contributed by atoms with van der Waals surface area (Å²) < 4.78 is 27.3. The minimum atomic E-state index is -3.67. The lowest BCUT2D eigenvalue weighted by Gasteiger charge is -2.11. The predicted octanol–water partition coefficient (Wildman–Crippen LogP) is 2.13. The highest BCUT2D eigenvalue weighted by molar-refractivity contribution is 7.92. The molecule has 0 spiro atoms. The van der Waals surface area contributed by atoms with E-state index in [9.17, 15) is 8.42 Å². The van der Waals surface area contributed by atoms with Crippen LogP contribution in [0.5, 0.6) is 0 Å². The van der Waals surface area contributed by atoms with Crippen molar-refractivity contribution in [3.05, 3.63) is 53.3 Å². The Labute approximate surface area is 129 Å². The van der Waals surface area contributed by atoms with Gasteiger partial charge in [-0.1, -0.05) is 18.3 Å². The van der Waals surface area contributed by atoms with Crippen LogP contribution >= 0.6 is 12.2 Å². The molecule has 0 saturated heterocycles. The zero-order valence-electron chi connectivity index (χ0n) is 11.6. The van der Waals surface area contributed by atoms with E-state index in [1.807, 2.05) is 0 Å². The molecule has 0 aliphatic carbocycles. The van der Waals surface area contributed by atoms with E-state index >= 15 is 0 Å². The van der Waals surface area contributed by atoms with Crippen molar-refractivity contribution in [2.24, 2.45) is 5.73 Å². The molecule has 0 bridgehead atoms. The van der Waals surface area contributed by atoms with Crippen molar-refractivity contribution < 1.29 is 8.42 Å². The van der Waals surface area contributed by atoms with Gasteiger partial charge >= 0.3 is 0 Å². The van der Waals surface area contributed by atoms with E-state index in [0.717, 1.165) is 5.56 Å². The molecule has 1 aromatic carbocycles. The van der Waals surface area contributed by atoms with Gasteiger partial charge in [-0.15, -0.1) is 0 Å². The summed E-state index contributed by atoms with van der Waals surface area (Å²) in [6.45, 7) is 3.57. The van der Waals surface area contributed by atoms with Gasteiger partial charge in [0.1, 0.15) is 4.99 Å². The summed E-state index contributed by atoms with van der Waals surface area (Å²) in [7, 11) is -3.67. The minimum Gasteiger partial charge on any atom is -0.389 e. The molecule has 1 aromatic heterocycles. The Morgan fingerprint density at radius 3 is 2.52 bits per heavy atom. The number of nitrogens with one attached hydrogen (secondary N) is 1. The molecule has 5 nitrogen and oxygen atoms in total. The Bertz CT molecular complexity index is 802. The molecule has 2 aromatic rings. The van der Waals surface area contributed by atoms with E-state index < -0.39 is 10.0 Å². The number of sulfonamides is 1. The summed E-state index contributed by atoms with van der Waals surface area (Å²) in [5.74, 6) is 0. The normalized spacial score (nSPS) is 11.1. The molecule has 0 unspecified atom stereocenters. The molecule has 3 N–H and O–H groups in total. The van der Waals surface area contributed by atoms with Crippen LogP contribution in [0.4, 0.5) is 5.69 Å². The predicted molar refractivity (Wildman–Crippen MR) is 86.8 cm³/mol. The number of rotatable bonds is 4.